The number of allylic oxidation sites excluding steroid dienone is 1. The molecule has 0 aliphatic rings. The Hall–Kier alpha value is -3.55. The highest BCUT2D eigenvalue weighted by Crippen LogP contribution is 2.30. The summed E-state index contributed by atoms with van der Waals surface area (Å²) in [5.41, 5.74) is 2.43. The Kier molecular flexibility index (Phi) is 6.11. The van der Waals surface area contributed by atoms with E-state index in [0.717, 1.165) is 11.1 Å². The van der Waals surface area contributed by atoms with Crippen LogP contribution in [-0.4, -0.2) is 13.1 Å². The predicted molar refractivity (Wildman–Crippen MR) is 109 cm³/mol. The first kappa shape index (κ1) is 19.2. The van der Waals surface area contributed by atoms with E-state index in [4.69, 9.17) is 21.1 Å². The van der Waals surface area contributed by atoms with Crippen molar-refractivity contribution < 1.29 is 14.3 Å². The van der Waals surface area contributed by atoms with Gasteiger partial charge in [-0.15, -0.1) is 0 Å². The van der Waals surface area contributed by atoms with E-state index in [0.29, 0.717) is 21.9 Å². The van der Waals surface area contributed by atoms with Crippen LogP contribution in [0.1, 0.15) is 21.5 Å². The van der Waals surface area contributed by atoms with E-state index in [1.54, 1.807) is 42.5 Å². The Morgan fingerprint density at radius 3 is 2.39 bits per heavy atom. The lowest BCUT2D eigenvalue weighted by atomic mass is 10.0. The summed E-state index contributed by atoms with van der Waals surface area (Å²) in [6, 6.07) is 23.2. The molecule has 0 N–H and O–H groups in total. The maximum Gasteiger partial charge on any atom is 0.343 e. The summed E-state index contributed by atoms with van der Waals surface area (Å²) >= 11 is 5.92. The van der Waals surface area contributed by atoms with Crippen LogP contribution in [0, 0.1) is 11.3 Å². The molecule has 28 heavy (non-hydrogen) atoms. The van der Waals surface area contributed by atoms with Gasteiger partial charge in [-0.2, -0.15) is 5.26 Å². The van der Waals surface area contributed by atoms with Gasteiger partial charge in [0.2, 0.25) is 0 Å². The van der Waals surface area contributed by atoms with Gasteiger partial charge in [0.25, 0.3) is 0 Å². The number of methoxy groups -OCH3 is 1. The lowest BCUT2D eigenvalue weighted by Crippen LogP contribution is -2.09. The molecule has 0 amide bonds. The largest absolute Gasteiger partial charge is 0.493 e. The molecule has 0 aliphatic heterocycles. The average molecular weight is 390 g/mol. The van der Waals surface area contributed by atoms with E-state index in [9.17, 15) is 10.1 Å². The van der Waals surface area contributed by atoms with E-state index in [2.05, 4.69) is 6.07 Å². The maximum absolute atomic E-state index is 12.3. The van der Waals surface area contributed by atoms with Gasteiger partial charge in [-0.3, -0.25) is 0 Å². The number of benzene rings is 3. The van der Waals surface area contributed by atoms with Gasteiger partial charge < -0.3 is 9.47 Å². The lowest BCUT2D eigenvalue weighted by molar-refractivity contribution is 0.0729. The molecule has 0 unspecified atom stereocenters. The molecule has 0 fully saturated rings. The Labute approximate surface area is 168 Å². The molecule has 0 aromatic heterocycles. The van der Waals surface area contributed by atoms with E-state index in [-0.39, 0.29) is 5.75 Å². The lowest BCUT2D eigenvalue weighted by Gasteiger charge is -2.10. The normalized spacial score (nSPS) is 10.8. The Bertz CT molecular complexity index is 1070. The molecule has 3 aromatic carbocycles. The molecule has 0 radical (unpaired) electrons. The fraction of sp³-hybridized carbons (Fsp3) is 0.0435. The van der Waals surface area contributed by atoms with Crippen LogP contribution in [0.15, 0.2) is 72.8 Å². The molecule has 0 spiro atoms. The van der Waals surface area contributed by atoms with E-state index in [1.807, 2.05) is 30.3 Å². The summed E-state index contributed by atoms with van der Waals surface area (Å²) in [5.74, 6) is 0.128. The van der Waals surface area contributed by atoms with Crippen molar-refractivity contribution in [3.05, 3.63) is 94.5 Å². The van der Waals surface area contributed by atoms with E-state index < -0.39 is 5.97 Å². The Morgan fingerprint density at radius 2 is 1.71 bits per heavy atom. The molecule has 0 bridgehead atoms. The number of hydrogen-bond acceptors (Lipinski definition) is 4. The number of ether oxygens (including phenoxy) is 2. The van der Waals surface area contributed by atoms with Crippen LogP contribution < -0.4 is 9.47 Å². The van der Waals surface area contributed by atoms with Crippen molar-refractivity contribution in [2.75, 3.05) is 7.11 Å². The quantitative estimate of drug-likeness (QED) is 0.245. The number of carbonyl (C=O) groups is 1. The number of nitrogens with zero attached hydrogens (tertiary/aromatic N) is 1. The molecule has 4 nitrogen and oxygen atoms in total. The van der Waals surface area contributed by atoms with Crippen molar-refractivity contribution in [3.8, 4) is 17.6 Å². The smallest absolute Gasteiger partial charge is 0.343 e. The number of esters is 1. The number of carbonyl (C=O) groups excluding carboxylic acids is 1. The van der Waals surface area contributed by atoms with Crippen LogP contribution in [0.5, 0.6) is 11.5 Å². The van der Waals surface area contributed by atoms with Gasteiger partial charge >= 0.3 is 5.97 Å². The summed E-state index contributed by atoms with van der Waals surface area (Å²) < 4.78 is 10.8. The summed E-state index contributed by atoms with van der Waals surface area (Å²) in [6.45, 7) is 0. The van der Waals surface area contributed by atoms with Gasteiger partial charge in [-0.05, 0) is 47.5 Å². The number of halogens is 1. The number of hydrogen-bond donors (Lipinski definition) is 0. The second kappa shape index (κ2) is 8.90. The molecule has 5 heteroatoms. The second-order valence-corrected chi connectivity index (χ2v) is 6.28. The van der Waals surface area contributed by atoms with Crippen LogP contribution in [-0.2, 0) is 0 Å². The zero-order valence-electron chi connectivity index (χ0n) is 15.1. The Balaban J connectivity index is 1.87. The molecular formula is C23H16ClNO3. The molecule has 0 aliphatic carbocycles. The summed E-state index contributed by atoms with van der Waals surface area (Å²) in [5, 5.41) is 9.91. The molecule has 3 rings (SSSR count). The summed E-state index contributed by atoms with van der Waals surface area (Å²) in [6.07, 6.45) is 1.75. The molecule has 138 valence electrons. The zero-order valence-corrected chi connectivity index (χ0v) is 15.8. The molecule has 0 saturated carbocycles. The topological polar surface area (TPSA) is 59.3 Å². The van der Waals surface area contributed by atoms with Crippen LogP contribution in [0.4, 0.5) is 0 Å². The minimum atomic E-state index is -0.536. The third-order valence-corrected chi connectivity index (χ3v) is 4.20. The third kappa shape index (κ3) is 4.59. The fourth-order valence-corrected chi connectivity index (χ4v) is 2.79. The number of rotatable bonds is 5. The minimum Gasteiger partial charge on any atom is -0.493 e. The number of nitriles is 1. The van der Waals surface area contributed by atoms with Crippen molar-refractivity contribution in [1.82, 2.24) is 0 Å². The SMILES string of the molecule is COc1cc(C=C(C#N)c2ccccc2)ccc1OC(=O)c1cccc(Cl)c1. The van der Waals surface area contributed by atoms with Crippen molar-refractivity contribution in [2.45, 2.75) is 0 Å². The van der Waals surface area contributed by atoms with Crippen molar-refractivity contribution in [2.24, 2.45) is 0 Å². The van der Waals surface area contributed by atoms with Crippen LogP contribution in [0.25, 0.3) is 11.6 Å². The molecule has 3 aromatic rings. The van der Waals surface area contributed by atoms with E-state index >= 15 is 0 Å². The summed E-state index contributed by atoms with van der Waals surface area (Å²) in [7, 11) is 1.49. The Morgan fingerprint density at radius 1 is 0.964 bits per heavy atom. The van der Waals surface area contributed by atoms with Gasteiger partial charge in [0, 0.05) is 5.02 Å². The highest BCUT2D eigenvalue weighted by molar-refractivity contribution is 6.30. The first-order valence-corrected chi connectivity index (χ1v) is 8.81. The van der Waals surface area contributed by atoms with Crippen LogP contribution in [0.3, 0.4) is 0 Å². The van der Waals surface area contributed by atoms with Crippen LogP contribution in [0.2, 0.25) is 5.02 Å². The van der Waals surface area contributed by atoms with Gasteiger partial charge in [0.1, 0.15) is 0 Å². The predicted octanol–water partition coefficient (Wildman–Crippen LogP) is 5.63. The van der Waals surface area contributed by atoms with Crippen molar-refractivity contribution >= 4 is 29.2 Å². The fourth-order valence-electron chi connectivity index (χ4n) is 2.60. The first-order valence-electron chi connectivity index (χ1n) is 8.43. The third-order valence-electron chi connectivity index (χ3n) is 3.97. The standard InChI is InChI=1S/C23H16ClNO3/c1-27-22-13-16(12-19(15-25)17-6-3-2-4-7-17)10-11-21(22)28-23(26)18-8-5-9-20(24)14-18/h2-14H,1H3. The average Bonchev–Trinajstić information content (AvgIpc) is 2.73. The molecular weight excluding hydrogens is 374 g/mol. The van der Waals surface area contributed by atoms with Crippen LogP contribution >= 0.6 is 11.6 Å². The van der Waals surface area contributed by atoms with Crippen molar-refractivity contribution in [1.29, 1.82) is 5.26 Å². The minimum absolute atomic E-state index is 0.280. The maximum atomic E-state index is 12.3. The van der Waals surface area contributed by atoms with Crippen molar-refractivity contribution in [3.63, 3.8) is 0 Å². The van der Waals surface area contributed by atoms with Gasteiger partial charge in [-0.25, -0.2) is 4.79 Å². The second-order valence-electron chi connectivity index (χ2n) is 5.85. The summed E-state index contributed by atoms with van der Waals surface area (Å²) in [4.78, 5) is 12.3. The van der Waals surface area contributed by atoms with E-state index in [1.165, 1.54) is 13.2 Å². The highest BCUT2D eigenvalue weighted by atomic mass is 35.5. The van der Waals surface area contributed by atoms with Gasteiger partial charge in [-0.1, -0.05) is 54.1 Å². The molecule has 0 atom stereocenters. The van der Waals surface area contributed by atoms with Gasteiger partial charge in [0.15, 0.2) is 11.5 Å². The molecule has 0 saturated heterocycles. The highest BCUT2D eigenvalue weighted by Gasteiger charge is 2.13. The first-order chi connectivity index (χ1) is 13.6. The zero-order chi connectivity index (χ0) is 19.9. The van der Waals surface area contributed by atoms with Gasteiger partial charge in [0.05, 0.1) is 24.3 Å². The monoisotopic (exact) mass is 389 g/mol. The molecule has 0 heterocycles.